The molecule has 0 bridgehead atoms. The largest absolute Gasteiger partial charge is 0.461 e. The minimum absolute atomic E-state index is 0.0261. The van der Waals surface area contributed by atoms with Crippen molar-refractivity contribution in [2.75, 3.05) is 37.0 Å². The maximum atomic E-state index is 13.9. The van der Waals surface area contributed by atoms with Crippen molar-refractivity contribution in [1.82, 2.24) is 0 Å². The lowest BCUT2D eigenvalue weighted by Crippen LogP contribution is -2.22. The topological polar surface area (TPSA) is 157 Å². The second-order valence-electron chi connectivity index (χ2n) is 11.4. The molecule has 5 aromatic carbocycles. The first-order valence-corrected chi connectivity index (χ1v) is 18.8. The Kier molecular flexibility index (Phi) is 8.07. The van der Waals surface area contributed by atoms with Gasteiger partial charge in [0.05, 0.1) is 34.1 Å². The van der Waals surface area contributed by atoms with Crippen molar-refractivity contribution in [3.63, 3.8) is 0 Å². The number of nitrogen functional groups attached to an aromatic ring is 2. The SMILES string of the molecule is Nc1ccc2c(c1)-c1ccccc1P(=O)(CCOC(=O)c1ccc(C(=O)OCCP3(=O)Oc4ccc(N)cc4-c4ccccc43)cc1)O2. The van der Waals surface area contributed by atoms with Gasteiger partial charge in [-0.05, 0) is 83.9 Å². The molecule has 242 valence electrons. The maximum Gasteiger partial charge on any atom is 0.338 e. The van der Waals surface area contributed by atoms with Gasteiger partial charge in [0, 0.05) is 22.5 Å². The molecular formula is C36H30N2O8P2. The Morgan fingerprint density at radius 2 is 0.938 bits per heavy atom. The molecule has 2 unspecified atom stereocenters. The molecule has 2 aliphatic rings. The molecule has 2 atom stereocenters. The molecule has 0 spiro atoms. The smallest absolute Gasteiger partial charge is 0.338 e. The molecule has 0 amide bonds. The summed E-state index contributed by atoms with van der Waals surface area (Å²) < 4.78 is 50.7. The first kappa shape index (κ1) is 31.3. The maximum absolute atomic E-state index is 13.9. The van der Waals surface area contributed by atoms with E-state index in [2.05, 4.69) is 0 Å². The summed E-state index contributed by atoms with van der Waals surface area (Å²) >= 11 is 0. The van der Waals surface area contributed by atoms with E-state index in [4.69, 9.17) is 30.0 Å². The van der Waals surface area contributed by atoms with Crippen LogP contribution in [0, 0.1) is 0 Å². The summed E-state index contributed by atoms with van der Waals surface area (Å²) in [5.74, 6) is -0.375. The van der Waals surface area contributed by atoms with Crippen LogP contribution in [-0.2, 0) is 18.6 Å². The van der Waals surface area contributed by atoms with Crippen LogP contribution in [0.25, 0.3) is 22.3 Å². The Morgan fingerprint density at radius 3 is 1.35 bits per heavy atom. The van der Waals surface area contributed by atoms with E-state index < -0.39 is 26.7 Å². The second-order valence-corrected chi connectivity index (χ2v) is 16.3. The Balaban J connectivity index is 0.950. The second kappa shape index (κ2) is 12.4. The average molecular weight is 681 g/mol. The van der Waals surface area contributed by atoms with Crippen molar-refractivity contribution >= 4 is 48.7 Å². The lowest BCUT2D eigenvalue weighted by molar-refractivity contribution is 0.0513. The van der Waals surface area contributed by atoms with Crippen LogP contribution in [0.1, 0.15) is 20.7 Å². The van der Waals surface area contributed by atoms with Crippen LogP contribution in [0.3, 0.4) is 0 Å². The molecule has 12 heteroatoms. The number of carbonyl (C=O) groups is 2. The fraction of sp³-hybridized carbons (Fsp3) is 0.111. The van der Waals surface area contributed by atoms with Gasteiger partial charge in [0.2, 0.25) is 0 Å². The van der Waals surface area contributed by atoms with Gasteiger partial charge in [-0.3, -0.25) is 9.13 Å². The number of benzene rings is 5. The van der Waals surface area contributed by atoms with Crippen LogP contribution in [-0.4, -0.2) is 37.5 Å². The van der Waals surface area contributed by atoms with Crippen molar-refractivity contribution in [3.05, 3.63) is 120 Å². The van der Waals surface area contributed by atoms with E-state index in [1.54, 1.807) is 60.7 Å². The Labute approximate surface area is 276 Å². The highest BCUT2D eigenvalue weighted by atomic mass is 31.2. The normalized spacial score (nSPS) is 18.5. The standard InChI is InChI=1S/C36H30N2O8P2/c37-25-13-15-31-29(21-25)27-5-1-3-7-33(27)47(41,45-31)19-17-43-35(39)23-9-11-24(12-10-23)36(40)44-18-20-48(42)34-8-4-2-6-28(34)30-22-26(38)14-16-32(30)46-48/h1-16,21-22H,17-20,37-38H2. The van der Waals surface area contributed by atoms with E-state index in [-0.39, 0.29) is 36.7 Å². The number of anilines is 2. The number of fused-ring (bicyclic) bond motifs is 6. The van der Waals surface area contributed by atoms with E-state index >= 15 is 0 Å². The van der Waals surface area contributed by atoms with E-state index in [0.29, 0.717) is 33.5 Å². The van der Waals surface area contributed by atoms with Crippen LogP contribution in [0.15, 0.2) is 109 Å². The third kappa shape index (κ3) is 5.85. The summed E-state index contributed by atoms with van der Waals surface area (Å²) in [6, 6.07) is 30.5. The number of rotatable bonds is 8. The highest BCUT2D eigenvalue weighted by Crippen LogP contribution is 2.55. The van der Waals surface area contributed by atoms with Gasteiger partial charge >= 0.3 is 11.9 Å². The third-order valence-electron chi connectivity index (χ3n) is 8.22. The zero-order chi connectivity index (χ0) is 33.5. The molecule has 0 fully saturated rings. The summed E-state index contributed by atoms with van der Waals surface area (Å²) in [4.78, 5) is 25.6. The van der Waals surface area contributed by atoms with E-state index in [1.165, 1.54) is 24.3 Å². The fourth-order valence-electron chi connectivity index (χ4n) is 5.85. The molecular weight excluding hydrogens is 650 g/mol. The molecule has 2 heterocycles. The molecule has 0 saturated carbocycles. The van der Waals surface area contributed by atoms with Crippen molar-refractivity contribution < 1.29 is 37.2 Å². The van der Waals surface area contributed by atoms with Gasteiger partial charge in [-0.1, -0.05) is 36.4 Å². The zero-order valence-electron chi connectivity index (χ0n) is 25.5. The van der Waals surface area contributed by atoms with Crippen LogP contribution < -0.4 is 31.1 Å². The van der Waals surface area contributed by atoms with E-state index in [9.17, 15) is 18.7 Å². The Morgan fingerprint density at radius 1 is 0.542 bits per heavy atom. The highest BCUT2D eigenvalue weighted by molar-refractivity contribution is 7.68. The first-order valence-electron chi connectivity index (χ1n) is 15.1. The van der Waals surface area contributed by atoms with Crippen LogP contribution in [0.2, 0.25) is 0 Å². The summed E-state index contributed by atoms with van der Waals surface area (Å²) in [6.45, 7) is -0.302. The van der Waals surface area contributed by atoms with Gasteiger partial charge in [0.25, 0.3) is 14.7 Å². The molecule has 0 saturated heterocycles. The summed E-state index contributed by atoms with van der Waals surface area (Å²) in [5, 5.41) is 1.09. The summed E-state index contributed by atoms with van der Waals surface area (Å²) in [5.41, 5.74) is 16.5. The monoisotopic (exact) mass is 680 g/mol. The number of carbonyl (C=O) groups excluding carboxylic acids is 2. The van der Waals surface area contributed by atoms with Gasteiger partial charge in [0.1, 0.15) is 24.7 Å². The summed E-state index contributed by atoms with van der Waals surface area (Å²) in [7, 11) is -6.79. The average Bonchev–Trinajstić information content (AvgIpc) is 3.09. The number of hydrogen-bond donors (Lipinski definition) is 2. The van der Waals surface area contributed by atoms with Crippen molar-refractivity contribution in [2.45, 2.75) is 0 Å². The molecule has 2 aliphatic heterocycles. The molecule has 7 rings (SSSR count). The van der Waals surface area contributed by atoms with Crippen LogP contribution >= 0.6 is 14.7 Å². The van der Waals surface area contributed by atoms with Gasteiger partial charge in [0.15, 0.2) is 0 Å². The summed E-state index contributed by atoms with van der Waals surface area (Å²) in [6.07, 6.45) is -0.0523. The lowest BCUT2D eigenvalue weighted by atomic mass is 10.0. The predicted octanol–water partition coefficient (Wildman–Crippen LogP) is 6.49. The molecule has 10 nitrogen and oxygen atoms in total. The minimum Gasteiger partial charge on any atom is -0.461 e. The number of hydrogen-bond acceptors (Lipinski definition) is 10. The van der Waals surface area contributed by atoms with Crippen LogP contribution in [0.4, 0.5) is 11.4 Å². The molecule has 0 aliphatic carbocycles. The first-order chi connectivity index (χ1) is 23.1. The predicted molar refractivity (Wildman–Crippen MR) is 185 cm³/mol. The van der Waals surface area contributed by atoms with Gasteiger partial charge in [-0.15, -0.1) is 0 Å². The molecule has 5 aromatic rings. The quantitative estimate of drug-likeness (QED) is 0.105. The van der Waals surface area contributed by atoms with Crippen molar-refractivity contribution in [3.8, 4) is 33.8 Å². The number of esters is 2. The third-order valence-corrected chi connectivity index (χ3v) is 13.0. The Hall–Kier alpha value is -5.30. The van der Waals surface area contributed by atoms with Crippen molar-refractivity contribution in [1.29, 1.82) is 0 Å². The lowest BCUT2D eigenvalue weighted by Gasteiger charge is -2.28. The number of nitrogens with two attached hydrogens (primary N) is 2. The highest BCUT2D eigenvalue weighted by Gasteiger charge is 2.37. The van der Waals surface area contributed by atoms with E-state index in [0.717, 1.165) is 22.3 Å². The molecule has 48 heavy (non-hydrogen) atoms. The van der Waals surface area contributed by atoms with Gasteiger partial charge < -0.3 is 30.0 Å². The Bertz CT molecular complexity index is 2030. The van der Waals surface area contributed by atoms with Crippen molar-refractivity contribution in [2.24, 2.45) is 0 Å². The molecule has 0 aromatic heterocycles. The fourth-order valence-corrected chi connectivity index (χ4v) is 10.1. The molecule has 0 radical (unpaired) electrons. The van der Waals surface area contributed by atoms with Gasteiger partial charge in [-0.2, -0.15) is 0 Å². The molecule has 4 N–H and O–H groups in total. The van der Waals surface area contributed by atoms with E-state index in [1.807, 2.05) is 24.3 Å². The number of ether oxygens (including phenoxy) is 2. The zero-order valence-corrected chi connectivity index (χ0v) is 27.3. The van der Waals surface area contributed by atoms with Gasteiger partial charge in [-0.25, -0.2) is 9.59 Å². The minimum atomic E-state index is -3.40. The van der Waals surface area contributed by atoms with Crippen LogP contribution in [0.5, 0.6) is 11.5 Å².